The molecule has 0 aromatic heterocycles. The van der Waals surface area contributed by atoms with Crippen molar-refractivity contribution in [1.29, 1.82) is 0 Å². The molecule has 4 nitrogen and oxygen atoms in total. The van der Waals surface area contributed by atoms with Gasteiger partial charge in [0, 0.05) is 19.0 Å². The highest BCUT2D eigenvalue weighted by Gasteiger charge is 2.36. The van der Waals surface area contributed by atoms with Crippen molar-refractivity contribution in [2.75, 3.05) is 18.1 Å². The van der Waals surface area contributed by atoms with E-state index in [0.717, 1.165) is 30.8 Å². The molecule has 0 spiro atoms. The quantitative estimate of drug-likeness (QED) is 0.857. The highest BCUT2D eigenvalue weighted by molar-refractivity contribution is 7.99. The maximum absolute atomic E-state index is 12.7. The maximum atomic E-state index is 12.7. The minimum atomic E-state index is -0.324. The second-order valence-corrected chi connectivity index (χ2v) is 6.78. The lowest BCUT2D eigenvalue weighted by Gasteiger charge is -2.35. The first-order valence-electron chi connectivity index (χ1n) is 7.31. The Kier molecular flexibility index (Phi) is 5.13. The minimum absolute atomic E-state index is 0.0198. The van der Waals surface area contributed by atoms with E-state index < -0.39 is 0 Å². The van der Waals surface area contributed by atoms with E-state index in [1.165, 1.54) is 0 Å². The van der Waals surface area contributed by atoms with Crippen LogP contribution >= 0.6 is 11.8 Å². The summed E-state index contributed by atoms with van der Waals surface area (Å²) in [5.74, 6) is 2.62. The second kappa shape index (κ2) is 6.64. The Hall–Kier alpha value is -0.710. The van der Waals surface area contributed by atoms with Crippen LogP contribution in [0, 0.1) is 5.92 Å². The Morgan fingerprint density at radius 3 is 2.68 bits per heavy atom. The Labute approximate surface area is 119 Å². The van der Waals surface area contributed by atoms with Gasteiger partial charge >= 0.3 is 0 Å². The second-order valence-electron chi connectivity index (χ2n) is 5.56. The summed E-state index contributed by atoms with van der Waals surface area (Å²) >= 11 is 1.96. The zero-order valence-electron chi connectivity index (χ0n) is 11.9. The van der Waals surface area contributed by atoms with Crippen LogP contribution in [0.25, 0.3) is 0 Å². The van der Waals surface area contributed by atoms with Crippen LogP contribution in [0.1, 0.15) is 39.5 Å². The molecule has 2 heterocycles. The van der Waals surface area contributed by atoms with Crippen molar-refractivity contribution < 1.29 is 9.59 Å². The molecule has 0 aliphatic carbocycles. The molecule has 0 bridgehead atoms. The molecular formula is C14H24N2O2S. The third kappa shape index (κ3) is 3.44. The van der Waals surface area contributed by atoms with Gasteiger partial charge in [-0.2, -0.15) is 11.8 Å². The topological polar surface area (TPSA) is 49.4 Å². The lowest BCUT2D eigenvalue weighted by atomic mass is 9.97. The van der Waals surface area contributed by atoms with E-state index in [4.69, 9.17) is 0 Å². The largest absolute Gasteiger partial charge is 0.344 e. The molecule has 108 valence electrons. The van der Waals surface area contributed by atoms with E-state index in [0.29, 0.717) is 19.0 Å². The number of amides is 2. The van der Waals surface area contributed by atoms with Gasteiger partial charge < -0.3 is 10.2 Å². The number of nitrogens with zero attached hydrogens (tertiary/aromatic N) is 1. The highest BCUT2D eigenvalue weighted by Crippen LogP contribution is 2.25. The van der Waals surface area contributed by atoms with E-state index in [1.807, 2.05) is 23.6 Å². The molecule has 2 unspecified atom stereocenters. The van der Waals surface area contributed by atoms with Gasteiger partial charge in [-0.1, -0.05) is 20.3 Å². The third-order valence-corrected chi connectivity index (χ3v) is 5.34. The van der Waals surface area contributed by atoms with Crippen molar-refractivity contribution >= 4 is 23.6 Å². The lowest BCUT2D eigenvalue weighted by molar-refractivity contribution is -0.137. The summed E-state index contributed by atoms with van der Waals surface area (Å²) in [6, 6.07) is 0.0163. The van der Waals surface area contributed by atoms with Crippen molar-refractivity contribution in [1.82, 2.24) is 10.2 Å². The molecule has 5 heteroatoms. The van der Waals surface area contributed by atoms with Crippen molar-refractivity contribution in [3.8, 4) is 0 Å². The summed E-state index contributed by atoms with van der Waals surface area (Å²) in [6.45, 7) is 4.70. The van der Waals surface area contributed by atoms with Gasteiger partial charge in [0.25, 0.3) is 0 Å². The van der Waals surface area contributed by atoms with E-state index in [1.54, 1.807) is 0 Å². The molecule has 2 aliphatic heterocycles. The van der Waals surface area contributed by atoms with Crippen molar-refractivity contribution in [2.24, 2.45) is 5.92 Å². The fourth-order valence-electron chi connectivity index (χ4n) is 2.80. The van der Waals surface area contributed by atoms with Gasteiger partial charge in [-0.15, -0.1) is 0 Å². The van der Waals surface area contributed by atoms with E-state index in [-0.39, 0.29) is 23.8 Å². The number of nitrogens with one attached hydrogen (secondary N) is 1. The van der Waals surface area contributed by atoms with Gasteiger partial charge in [0.2, 0.25) is 11.8 Å². The Bertz CT molecular complexity index is 342. The summed E-state index contributed by atoms with van der Waals surface area (Å²) in [6.07, 6.45) is 3.49. The SMILES string of the molecule is CCC(C)C1NC(=O)CCN(C2CCSCC2)C1=O. The monoisotopic (exact) mass is 284 g/mol. The average Bonchev–Trinajstić information content (AvgIpc) is 2.59. The maximum Gasteiger partial charge on any atom is 0.245 e. The third-order valence-electron chi connectivity index (χ3n) is 4.29. The normalized spacial score (nSPS) is 27.9. The van der Waals surface area contributed by atoms with E-state index >= 15 is 0 Å². The van der Waals surface area contributed by atoms with Crippen LogP contribution in [-0.4, -0.2) is 46.8 Å². The van der Waals surface area contributed by atoms with Gasteiger partial charge in [0.05, 0.1) is 0 Å². The predicted octanol–water partition coefficient (Wildman–Crippen LogP) is 1.65. The molecule has 2 amide bonds. The molecule has 2 fully saturated rings. The first kappa shape index (κ1) is 14.7. The van der Waals surface area contributed by atoms with Crippen molar-refractivity contribution in [3.05, 3.63) is 0 Å². The molecular weight excluding hydrogens is 260 g/mol. The fraction of sp³-hybridized carbons (Fsp3) is 0.857. The minimum Gasteiger partial charge on any atom is -0.344 e. The number of carbonyl (C=O) groups is 2. The number of carbonyl (C=O) groups excluding carboxylic acids is 2. The zero-order chi connectivity index (χ0) is 13.8. The van der Waals surface area contributed by atoms with Gasteiger partial charge in [0.1, 0.15) is 6.04 Å². The van der Waals surface area contributed by atoms with Crippen LogP contribution in [-0.2, 0) is 9.59 Å². The molecule has 0 aromatic carbocycles. The summed E-state index contributed by atoms with van der Waals surface area (Å²) in [4.78, 5) is 26.5. The fourth-order valence-corrected chi connectivity index (χ4v) is 3.88. The van der Waals surface area contributed by atoms with Gasteiger partial charge in [0.15, 0.2) is 0 Å². The van der Waals surface area contributed by atoms with Crippen LogP contribution in [0.4, 0.5) is 0 Å². The molecule has 2 rings (SSSR count). The van der Waals surface area contributed by atoms with Gasteiger partial charge in [-0.05, 0) is 30.3 Å². The van der Waals surface area contributed by atoms with Gasteiger partial charge in [-0.25, -0.2) is 0 Å². The van der Waals surface area contributed by atoms with Crippen LogP contribution in [0.15, 0.2) is 0 Å². The van der Waals surface area contributed by atoms with Crippen LogP contribution in [0.2, 0.25) is 0 Å². The first-order chi connectivity index (χ1) is 9.13. The predicted molar refractivity (Wildman–Crippen MR) is 78.1 cm³/mol. The molecule has 1 N–H and O–H groups in total. The molecule has 2 aliphatic rings. The summed E-state index contributed by atoms with van der Waals surface area (Å²) in [5.41, 5.74) is 0. The van der Waals surface area contributed by atoms with Gasteiger partial charge in [-0.3, -0.25) is 9.59 Å². The molecule has 0 saturated carbocycles. The van der Waals surface area contributed by atoms with Crippen molar-refractivity contribution in [3.63, 3.8) is 0 Å². The Morgan fingerprint density at radius 2 is 2.05 bits per heavy atom. The van der Waals surface area contributed by atoms with E-state index in [9.17, 15) is 9.59 Å². The first-order valence-corrected chi connectivity index (χ1v) is 8.46. The van der Waals surface area contributed by atoms with Crippen LogP contribution in [0.5, 0.6) is 0 Å². The number of rotatable bonds is 3. The molecule has 19 heavy (non-hydrogen) atoms. The van der Waals surface area contributed by atoms with E-state index in [2.05, 4.69) is 12.2 Å². The smallest absolute Gasteiger partial charge is 0.245 e. The average molecular weight is 284 g/mol. The van der Waals surface area contributed by atoms with Crippen molar-refractivity contribution in [2.45, 2.75) is 51.6 Å². The standard InChI is InChI=1S/C14H24N2O2S/c1-3-10(2)13-14(18)16(7-4-12(17)15-13)11-5-8-19-9-6-11/h10-11,13H,3-9H2,1-2H3,(H,15,17). The molecule has 2 saturated heterocycles. The Morgan fingerprint density at radius 1 is 1.37 bits per heavy atom. The highest BCUT2D eigenvalue weighted by atomic mass is 32.2. The van der Waals surface area contributed by atoms with Crippen LogP contribution < -0.4 is 5.32 Å². The summed E-state index contributed by atoms with van der Waals surface area (Å²) in [5, 5.41) is 2.91. The molecule has 0 radical (unpaired) electrons. The zero-order valence-corrected chi connectivity index (χ0v) is 12.7. The molecule has 0 aromatic rings. The number of thioether (sulfide) groups is 1. The summed E-state index contributed by atoms with van der Waals surface area (Å²) in [7, 11) is 0. The molecule has 2 atom stereocenters. The summed E-state index contributed by atoms with van der Waals surface area (Å²) < 4.78 is 0. The number of hydrogen-bond acceptors (Lipinski definition) is 3. The Balaban J connectivity index is 2.13. The van der Waals surface area contributed by atoms with Crippen LogP contribution in [0.3, 0.4) is 0 Å². The lowest BCUT2D eigenvalue weighted by Crippen LogP contribution is -2.51. The number of hydrogen-bond donors (Lipinski definition) is 1.